The van der Waals surface area contributed by atoms with Crippen molar-refractivity contribution >= 4 is 11.8 Å². The van der Waals surface area contributed by atoms with Gasteiger partial charge in [0.05, 0.1) is 18.9 Å². The quantitative estimate of drug-likeness (QED) is 0.872. The fourth-order valence-corrected chi connectivity index (χ4v) is 2.67. The Morgan fingerprint density at radius 3 is 2.82 bits per heavy atom. The van der Waals surface area contributed by atoms with Crippen LogP contribution in [0.2, 0.25) is 0 Å². The first kappa shape index (κ1) is 16.3. The van der Waals surface area contributed by atoms with Gasteiger partial charge in [-0.3, -0.25) is 9.59 Å². The lowest BCUT2D eigenvalue weighted by atomic mass is 9.97. The van der Waals surface area contributed by atoms with Crippen molar-refractivity contribution in [1.82, 2.24) is 10.2 Å². The Bertz CT molecular complexity index is 490. The van der Waals surface area contributed by atoms with Gasteiger partial charge in [-0.1, -0.05) is 18.2 Å². The van der Waals surface area contributed by atoms with Crippen LogP contribution in [0, 0.1) is 5.92 Å². The highest BCUT2D eigenvalue weighted by Crippen LogP contribution is 2.17. The molecule has 120 valence electrons. The fraction of sp³-hybridized carbons (Fsp3) is 0.529. The minimum absolute atomic E-state index is 0.0561. The largest absolute Gasteiger partial charge is 0.493 e. The van der Waals surface area contributed by atoms with Crippen molar-refractivity contribution in [2.75, 3.05) is 26.2 Å². The standard InChI is InChI=1S/C17H24N2O3/c1-2-18-17(21)14-7-6-11-19(13-14)16(20)10-12-22-15-8-4-3-5-9-15/h3-5,8-9,14H,2,6-7,10-13H2,1H3,(H,18,21). The number of hydrogen-bond acceptors (Lipinski definition) is 3. The summed E-state index contributed by atoms with van der Waals surface area (Å²) in [6.45, 7) is 4.17. The average Bonchev–Trinajstić information content (AvgIpc) is 2.56. The first-order valence-electron chi connectivity index (χ1n) is 7.94. The van der Waals surface area contributed by atoms with Crippen molar-refractivity contribution in [3.8, 4) is 5.75 Å². The molecule has 1 aromatic rings. The molecule has 5 nitrogen and oxygen atoms in total. The van der Waals surface area contributed by atoms with Crippen molar-refractivity contribution in [2.45, 2.75) is 26.2 Å². The number of ether oxygens (including phenoxy) is 1. The van der Waals surface area contributed by atoms with Gasteiger partial charge in [0.2, 0.25) is 11.8 Å². The van der Waals surface area contributed by atoms with Crippen LogP contribution in [-0.2, 0) is 9.59 Å². The normalized spacial score (nSPS) is 17.9. The van der Waals surface area contributed by atoms with Crippen LogP contribution in [-0.4, -0.2) is 43.0 Å². The molecule has 1 fully saturated rings. The Morgan fingerprint density at radius 2 is 2.09 bits per heavy atom. The Morgan fingerprint density at radius 1 is 1.32 bits per heavy atom. The summed E-state index contributed by atoms with van der Waals surface area (Å²) in [7, 11) is 0. The summed E-state index contributed by atoms with van der Waals surface area (Å²) < 4.78 is 5.55. The number of rotatable bonds is 6. The van der Waals surface area contributed by atoms with E-state index < -0.39 is 0 Å². The number of piperidine rings is 1. The highest BCUT2D eigenvalue weighted by atomic mass is 16.5. The van der Waals surface area contributed by atoms with Crippen LogP contribution in [0.15, 0.2) is 30.3 Å². The van der Waals surface area contributed by atoms with Crippen molar-refractivity contribution in [3.63, 3.8) is 0 Å². The second-order valence-electron chi connectivity index (χ2n) is 5.49. The molecule has 0 spiro atoms. The van der Waals surface area contributed by atoms with Crippen LogP contribution in [0.25, 0.3) is 0 Å². The van der Waals surface area contributed by atoms with Gasteiger partial charge < -0.3 is 15.0 Å². The molecule has 0 saturated carbocycles. The van der Waals surface area contributed by atoms with Crippen LogP contribution in [0.3, 0.4) is 0 Å². The molecule has 22 heavy (non-hydrogen) atoms. The summed E-state index contributed by atoms with van der Waals surface area (Å²) in [5.74, 6) is 0.812. The van der Waals surface area contributed by atoms with Gasteiger partial charge in [-0.2, -0.15) is 0 Å². The maximum atomic E-state index is 12.2. The van der Waals surface area contributed by atoms with E-state index in [4.69, 9.17) is 4.74 Å². The first-order valence-corrected chi connectivity index (χ1v) is 7.94. The molecule has 1 aromatic carbocycles. The first-order chi connectivity index (χ1) is 10.7. The van der Waals surface area contributed by atoms with E-state index in [9.17, 15) is 9.59 Å². The SMILES string of the molecule is CCNC(=O)C1CCCN(C(=O)CCOc2ccccc2)C1. The molecule has 0 aromatic heterocycles. The monoisotopic (exact) mass is 304 g/mol. The summed E-state index contributed by atoms with van der Waals surface area (Å²) in [6.07, 6.45) is 2.08. The van der Waals surface area contributed by atoms with E-state index in [1.54, 1.807) is 4.90 Å². The fourth-order valence-electron chi connectivity index (χ4n) is 2.67. The number of carbonyl (C=O) groups excluding carboxylic acids is 2. The van der Waals surface area contributed by atoms with Crippen LogP contribution in [0.1, 0.15) is 26.2 Å². The third-order valence-corrected chi connectivity index (χ3v) is 3.82. The topological polar surface area (TPSA) is 58.6 Å². The molecular formula is C17H24N2O3. The highest BCUT2D eigenvalue weighted by molar-refractivity contribution is 5.81. The summed E-state index contributed by atoms with van der Waals surface area (Å²) in [5, 5.41) is 2.84. The van der Waals surface area contributed by atoms with E-state index in [1.807, 2.05) is 37.3 Å². The predicted octanol–water partition coefficient (Wildman–Crippen LogP) is 1.83. The number of nitrogens with one attached hydrogen (secondary N) is 1. The van der Waals surface area contributed by atoms with Crippen molar-refractivity contribution in [3.05, 3.63) is 30.3 Å². The maximum Gasteiger partial charge on any atom is 0.226 e. The molecule has 1 aliphatic rings. The van der Waals surface area contributed by atoms with Crippen LogP contribution in [0.5, 0.6) is 5.75 Å². The van der Waals surface area contributed by atoms with E-state index in [0.29, 0.717) is 26.1 Å². The smallest absolute Gasteiger partial charge is 0.226 e. The van der Waals surface area contributed by atoms with E-state index in [1.165, 1.54) is 0 Å². The molecule has 5 heteroatoms. The average molecular weight is 304 g/mol. The molecule has 0 radical (unpaired) electrons. The Kier molecular flexibility index (Phi) is 6.25. The van der Waals surface area contributed by atoms with Crippen LogP contribution >= 0.6 is 0 Å². The number of amides is 2. The summed E-state index contributed by atoms with van der Waals surface area (Å²) >= 11 is 0. The molecular weight excluding hydrogens is 280 g/mol. The number of carbonyl (C=O) groups is 2. The number of benzene rings is 1. The van der Waals surface area contributed by atoms with Gasteiger partial charge >= 0.3 is 0 Å². The van der Waals surface area contributed by atoms with E-state index in [2.05, 4.69) is 5.32 Å². The molecule has 1 saturated heterocycles. The molecule has 1 aliphatic heterocycles. The van der Waals surface area contributed by atoms with Gasteiger partial charge in [0.25, 0.3) is 0 Å². The van der Waals surface area contributed by atoms with Gasteiger partial charge in [0.15, 0.2) is 0 Å². The Hall–Kier alpha value is -2.04. The van der Waals surface area contributed by atoms with Gasteiger partial charge in [0, 0.05) is 19.6 Å². The molecule has 1 unspecified atom stereocenters. The third-order valence-electron chi connectivity index (χ3n) is 3.82. The van der Waals surface area contributed by atoms with Crippen molar-refractivity contribution in [1.29, 1.82) is 0 Å². The number of nitrogens with zero attached hydrogens (tertiary/aromatic N) is 1. The molecule has 0 bridgehead atoms. The highest BCUT2D eigenvalue weighted by Gasteiger charge is 2.27. The van der Waals surface area contributed by atoms with E-state index in [-0.39, 0.29) is 17.7 Å². The Labute approximate surface area is 131 Å². The molecule has 1 N–H and O–H groups in total. The lowest BCUT2D eigenvalue weighted by Gasteiger charge is -2.32. The van der Waals surface area contributed by atoms with Gasteiger partial charge in [-0.15, -0.1) is 0 Å². The van der Waals surface area contributed by atoms with E-state index in [0.717, 1.165) is 25.1 Å². The Balaban J connectivity index is 1.75. The zero-order chi connectivity index (χ0) is 15.8. The molecule has 1 heterocycles. The van der Waals surface area contributed by atoms with Gasteiger partial charge in [-0.25, -0.2) is 0 Å². The van der Waals surface area contributed by atoms with Crippen LogP contribution in [0.4, 0.5) is 0 Å². The number of para-hydroxylation sites is 1. The summed E-state index contributed by atoms with van der Waals surface area (Å²) in [5.41, 5.74) is 0. The molecule has 2 amide bonds. The zero-order valence-electron chi connectivity index (χ0n) is 13.1. The minimum atomic E-state index is -0.0762. The predicted molar refractivity (Wildman–Crippen MR) is 84.5 cm³/mol. The lowest BCUT2D eigenvalue weighted by molar-refractivity contribution is -0.136. The van der Waals surface area contributed by atoms with E-state index >= 15 is 0 Å². The molecule has 2 rings (SSSR count). The summed E-state index contributed by atoms with van der Waals surface area (Å²) in [4.78, 5) is 25.9. The summed E-state index contributed by atoms with van der Waals surface area (Å²) in [6, 6.07) is 9.47. The van der Waals surface area contributed by atoms with Gasteiger partial charge in [0.1, 0.15) is 5.75 Å². The van der Waals surface area contributed by atoms with Crippen molar-refractivity contribution in [2.24, 2.45) is 5.92 Å². The lowest BCUT2D eigenvalue weighted by Crippen LogP contribution is -2.45. The zero-order valence-corrected chi connectivity index (χ0v) is 13.1. The van der Waals surface area contributed by atoms with Crippen LogP contribution < -0.4 is 10.1 Å². The number of likely N-dealkylation sites (tertiary alicyclic amines) is 1. The second kappa shape index (κ2) is 8.41. The maximum absolute atomic E-state index is 12.2. The number of hydrogen-bond donors (Lipinski definition) is 1. The van der Waals surface area contributed by atoms with Crippen molar-refractivity contribution < 1.29 is 14.3 Å². The minimum Gasteiger partial charge on any atom is -0.493 e. The third kappa shape index (κ3) is 4.76. The molecule has 1 atom stereocenters. The second-order valence-corrected chi connectivity index (χ2v) is 5.49. The molecule has 0 aliphatic carbocycles. The van der Waals surface area contributed by atoms with Gasteiger partial charge in [-0.05, 0) is 31.9 Å².